The molecule has 3 aromatic carbocycles. The van der Waals surface area contributed by atoms with Crippen LogP contribution in [0.15, 0.2) is 91.0 Å². The first-order valence-electron chi connectivity index (χ1n) is 8.38. The van der Waals surface area contributed by atoms with Crippen LogP contribution >= 0.6 is 0 Å². The minimum absolute atomic E-state index is 0.180. The predicted molar refractivity (Wildman–Crippen MR) is 97.4 cm³/mol. The summed E-state index contributed by atoms with van der Waals surface area (Å²) < 4.78 is 13.3. The summed E-state index contributed by atoms with van der Waals surface area (Å²) in [4.78, 5) is 0. The summed E-state index contributed by atoms with van der Waals surface area (Å²) in [5.74, 6) is 0.496. The third-order valence-electron chi connectivity index (χ3n) is 4.88. The number of benzene rings is 3. The third kappa shape index (κ3) is 2.90. The standard InChI is InChI=1S/C23H19F/c24-21-13-11-19(12-14-21)23-16-20(17-7-3-1-4-8-17)15-22(23)18-9-5-2-6-10-18/h1-14,16,22-23H,15H2/t22-,23-/m0/s1. The molecule has 1 aliphatic rings. The van der Waals surface area contributed by atoms with Gasteiger partial charge in [0.15, 0.2) is 0 Å². The molecule has 3 aromatic rings. The van der Waals surface area contributed by atoms with Crippen molar-refractivity contribution in [2.75, 3.05) is 0 Å². The molecule has 0 aliphatic heterocycles. The Morgan fingerprint density at radius 1 is 0.667 bits per heavy atom. The van der Waals surface area contributed by atoms with Crippen molar-refractivity contribution in [3.05, 3.63) is 114 Å². The Balaban J connectivity index is 1.75. The van der Waals surface area contributed by atoms with E-state index in [-0.39, 0.29) is 11.7 Å². The molecule has 0 heterocycles. The minimum Gasteiger partial charge on any atom is -0.207 e. The molecule has 0 radical (unpaired) electrons. The van der Waals surface area contributed by atoms with Gasteiger partial charge < -0.3 is 0 Å². The molecule has 0 aromatic heterocycles. The maximum atomic E-state index is 13.3. The van der Waals surface area contributed by atoms with Crippen molar-refractivity contribution in [1.29, 1.82) is 0 Å². The van der Waals surface area contributed by atoms with Gasteiger partial charge in [-0.2, -0.15) is 0 Å². The van der Waals surface area contributed by atoms with Crippen molar-refractivity contribution in [2.24, 2.45) is 0 Å². The van der Waals surface area contributed by atoms with Crippen LogP contribution in [-0.2, 0) is 0 Å². The Bertz CT molecular complexity index is 832. The van der Waals surface area contributed by atoms with Gasteiger partial charge in [0.25, 0.3) is 0 Å². The second-order valence-corrected chi connectivity index (χ2v) is 6.36. The van der Waals surface area contributed by atoms with Crippen LogP contribution in [0.4, 0.5) is 4.39 Å². The smallest absolute Gasteiger partial charge is 0.123 e. The molecule has 0 N–H and O–H groups in total. The van der Waals surface area contributed by atoms with E-state index in [1.165, 1.54) is 22.3 Å². The highest BCUT2D eigenvalue weighted by atomic mass is 19.1. The average molecular weight is 314 g/mol. The third-order valence-corrected chi connectivity index (χ3v) is 4.88. The van der Waals surface area contributed by atoms with Crippen LogP contribution in [0.3, 0.4) is 0 Å². The van der Waals surface area contributed by atoms with E-state index in [0.717, 1.165) is 6.42 Å². The van der Waals surface area contributed by atoms with Gasteiger partial charge in [-0.15, -0.1) is 0 Å². The minimum atomic E-state index is -0.180. The number of halogens is 1. The maximum absolute atomic E-state index is 13.3. The Morgan fingerprint density at radius 3 is 1.96 bits per heavy atom. The first kappa shape index (κ1) is 14.9. The van der Waals surface area contributed by atoms with Gasteiger partial charge in [0.2, 0.25) is 0 Å². The number of allylic oxidation sites excluding steroid dienone is 2. The first-order valence-corrected chi connectivity index (χ1v) is 8.38. The fraction of sp³-hybridized carbons (Fsp3) is 0.130. The van der Waals surface area contributed by atoms with Crippen LogP contribution in [0, 0.1) is 5.82 Å². The van der Waals surface area contributed by atoms with Crippen LogP contribution in [0.5, 0.6) is 0 Å². The fourth-order valence-corrected chi connectivity index (χ4v) is 3.67. The van der Waals surface area contributed by atoms with Crippen molar-refractivity contribution < 1.29 is 4.39 Å². The molecule has 24 heavy (non-hydrogen) atoms. The molecule has 0 fully saturated rings. The highest BCUT2D eigenvalue weighted by Gasteiger charge is 2.30. The van der Waals surface area contributed by atoms with E-state index in [0.29, 0.717) is 5.92 Å². The molecule has 0 saturated carbocycles. The molecule has 1 aliphatic carbocycles. The molecule has 0 spiro atoms. The van der Waals surface area contributed by atoms with Gasteiger partial charge in [0, 0.05) is 5.92 Å². The zero-order valence-corrected chi connectivity index (χ0v) is 13.4. The Hall–Kier alpha value is -2.67. The molecular weight excluding hydrogens is 295 g/mol. The summed E-state index contributed by atoms with van der Waals surface area (Å²) >= 11 is 0. The van der Waals surface area contributed by atoms with Crippen molar-refractivity contribution in [3.63, 3.8) is 0 Å². The van der Waals surface area contributed by atoms with Crippen LogP contribution in [-0.4, -0.2) is 0 Å². The highest BCUT2D eigenvalue weighted by Crippen LogP contribution is 2.47. The van der Waals surface area contributed by atoms with E-state index in [1.54, 1.807) is 12.1 Å². The zero-order chi connectivity index (χ0) is 16.4. The Morgan fingerprint density at radius 2 is 1.29 bits per heavy atom. The second kappa shape index (κ2) is 6.45. The van der Waals surface area contributed by atoms with E-state index in [4.69, 9.17) is 0 Å². The van der Waals surface area contributed by atoms with Gasteiger partial charge in [0.05, 0.1) is 0 Å². The predicted octanol–water partition coefficient (Wildman–Crippen LogP) is 6.18. The SMILES string of the molecule is Fc1ccc([C@@H]2C=C(c3ccccc3)C[C@H]2c2ccccc2)cc1. The van der Waals surface area contributed by atoms with Gasteiger partial charge in [-0.05, 0) is 46.7 Å². The number of hydrogen-bond acceptors (Lipinski definition) is 0. The van der Waals surface area contributed by atoms with E-state index >= 15 is 0 Å². The first-order chi connectivity index (χ1) is 11.8. The molecule has 118 valence electrons. The van der Waals surface area contributed by atoms with Gasteiger partial charge in [-0.3, -0.25) is 0 Å². The highest BCUT2D eigenvalue weighted by molar-refractivity contribution is 5.71. The van der Waals surface area contributed by atoms with Crippen molar-refractivity contribution in [3.8, 4) is 0 Å². The number of rotatable bonds is 3. The van der Waals surface area contributed by atoms with Crippen LogP contribution in [0.25, 0.3) is 5.57 Å². The molecule has 4 rings (SSSR count). The lowest BCUT2D eigenvalue weighted by atomic mass is 9.83. The summed E-state index contributed by atoms with van der Waals surface area (Å²) in [7, 11) is 0. The summed E-state index contributed by atoms with van der Waals surface area (Å²) in [5.41, 5.74) is 5.17. The topological polar surface area (TPSA) is 0 Å². The van der Waals surface area contributed by atoms with Gasteiger partial charge >= 0.3 is 0 Å². The van der Waals surface area contributed by atoms with E-state index in [2.05, 4.69) is 60.7 Å². The summed E-state index contributed by atoms with van der Waals surface area (Å²) in [6.45, 7) is 0. The second-order valence-electron chi connectivity index (χ2n) is 6.36. The quantitative estimate of drug-likeness (QED) is 0.541. The molecule has 1 heteroatoms. The normalized spacial score (nSPS) is 20.0. The molecule has 0 bridgehead atoms. The van der Waals surface area contributed by atoms with Crippen LogP contribution in [0.2, 0.25) is 0 Å². The molecule has 0 nitrogen and oxygen atoms in total. The molecule has 2 atom stereocenters. The lowest BCUT2D eigenvalue weighted by Crippen LogP contribution is -2.05. The molecule has 0 amide bonds. The molecule has 0 unspecified atom stereocenters. The lowest BCUT2D eigenvalue weighted by molar-refractivity contribution is 0.622. The van der Waals surface area contributed by atoms with E-state index in [9.17, 15) is 4.39 Å². The van der Waals surface area contributed by atoms with Crippen LogP contribution in [0.1, 0.15) is 34.9 Å². The summed E-state index contributed by atoms with van der Waals surface area (Å²) in [5, 5.41) is 0. The van der Waals surface area contributed by atoms with Crippen LogP contribution < -0.4 is 0 Å². The van der Waals surface area contributed by atoms with Gasteiger partial charge in [0.1, 0.15) is 5.82 Å². The average Bonchev–Trinajstić information content (AvgIpc) is 3.09. The zero-order valence-electron chi connectivity index (χ0n) is 13.4. The lowest BCUT2D eigenvalue weighted by Gasteiger charge is -2.20. The number of hydrogen-bond donors (Lipinski definition) is 0. The van der Waals surface area contributed by atoms with E-state index < -0.39 is 0 Å². The van der Waals surface area contributed by atoms with E-state index in [1.807, 2.05) is 18.2 Å². The summed E-state index contributed by atoms with van der Waals surface area (Å²) in [6, 6.07) is 28.1. The fourth-order valence-electron chi connectivity index (χ4n) is 3.67. The van der Waals surface area contributed by atoms with Gasteiger partial charge in [-0.25, -0.2) is 4.39 Å². The Kier molecular flexibility index (Phi) is 4.00. The van der Waals surface area contributed by atoms with Gasteiger partial charge in [-0.1, -0.05) is 78.9 Å². The van der Waals surface area contributed by atoms with Crippen molar-refractivity contribution in [1.82, 2.24) is 0 Å². The largest absolute Gasteiger partial charge is 0.207 e. The summed E-state index contributed by atoms with van der Waals surface area (Å²) in [6.07, 6.45) is 3.37. The Labute approximate surface area is 142 Å². The monoisotopic (exact) mass is 314 g/mol. The van der Waals surface area contributed by atoms with Crippen molar-refractivity contribution in [2.45, 2.75) is 18.3 Å². The molecule has 0 saturated heterocycles. The molecular formula is C23H19F. The van der Waals surface area contributed by atoms with Crippen molar-refractivity contribution >= 4 is 5.57 Å². The maximum Gasteiger partial charge on any atom is 0.123 e.